The molecule has 0 aliphatic carbocycles. The van der Waals surface area contributed by atoms with Gasteiger partial charge in [0.15, 0.2) is 6.29 Å². The van der Waals surface area contributed by atoms with Gasteiger partial charge in [-0.3, -0.25) is 4.79 Å². The second kappa shape index (κ2) is 4.82. The molecule has 0 aromatic heterocycles. The molecule has 0 saturated heterocycles. The van der Waals surface area contributed by atoms with Gasteiger partial charge in [-0.05, 0) is 12.1 Å². The SMILES string of the molecule is COC(=O)C#Cc1cccc(C=O)c1O. The van der Waals surface area contributed by atoms with Crippen molar-refractivity contribution >= 4 is 12.3 Å². The Balaban J connectivity index is 3.09. The summed E-state index contributed by atoms with van der Waals surface area (Å²) >= 11 is 0. The number of hydrogen-bond acceptors (Lipinski definition) is 4. The van der Waals surface area contributed by atoms with E-state index in [-0.39, 0.29) is 16.9 Å². The molecule has 0 spiro atoms. The van der Waals surface area contributed by atoms with E-state index in [2.05, 4.69) is 16.6 Å². The standard InChI is InChI=1S/C11H8O4/c1-15-10(13)6-5-8-3-2-4-9(7-12)11(8)14/h2-4,7,14H,1H3. The fourth-order valence-electron chi connectivity index (χ4n) is 0.927. The van der Waals surface area contributed by atoms with Gasteiger partial charge < -0.3 is 9.84 Å². The van der Waals surface area contributed by atoms with Gasteiger partial charge in [-0.25, -0.2) is 4.79 Å². The molecular weight excluding hydrogens is 196 g/mol. The van der Waals surface area contributed by atoms with E-state index < -0.39 is 5.97 Å². The molecule has 1 N–H and O–H groups in total. The molecule has 0 fully saturated rings. The van der Waals surface area contributed by atoms with Crippen LogP contribution >= 0.6 is 0 Å². The Kier molecular flexibility index (Phi) is 3.47. The van der Waals surface area contributed by atoms with E-state index in [0.717, 1.165) is 0 Å². The molecule has 0 aliphatic heterocycles. The molecule has 0 amide bonds. The van der Waals surface area contributed by atoms with Crippen molar-refractivity contribution in [2.45, 2.75) is 0 Å². The Morgan fingerprint density at radius 1 is 1.53 bits per heavy atom. The summed E-state index contributed by atoms with van der Waals surface area (Å²) in [6.45, 7) is 0. The van der Waals surface area contributed by atoms with Gasteiger partial charge in [-0.2, -0.15) is 0 Å². The first-order valence-corrected chi connectivity index (χ1v) is 4.06. The van der Waals surface area contributed by atoms with E-state index in [1.54, 1.807) is 6.07 Å². The lowest BCUT2D eigenvalue weighted by Gasteiger charge is -1.98. The average molecular weight is 204 g/mol. The summed E-state index contributed by atoms with van der Waals surface area (Å²) in [4.78, 5) is 21.2. The third-order valence-corrected chi connectivity index (χ3v) is 1.68. The summed E-state index contributed by atoms with van der Waals surface area (Å²) in [6, 6.07) is 4.51. The number of methoxy groups -OCH3 is 1. The lowest BCUT2D eigenvalue weighted by Crippen LogP contribution is -1.94. The van der Waals surface area contributed by atoms with Crippen molar-refractivity contribution in [3.05, 3.63) is 29.3 Å². The fourth-order valence-corrected chi connectivity index (χ4v) is 0.927. The molecule has 0 atom stereocenters. The summed E-state index contributed by atoms with van der Waals surface area (Å²) in [5.74, 6) is 3.62. The molecule has 0 saturated carbocycles. The number of phenolic OH excluding ortho intramolecular Hbond substituents is 1. The van der Waals surface area contributed by atoms with Crippen molar-refractivity contribution in [1.29, 1.82) is 0 Å². The highest BCUT2D eigenvalue weighted by Crippen LogP contribution is 2.19. The second-order valence-electron chi connectivity index (χ2n) is 2.60. The van der Waals surface area contributed by atoms with Gasteiger partial charge in [0.25, 0.3) is 0 Å². The van der Waals surface area contributed by atoms with E-state index in [4.69, 9.17) is 0 Å². The van der Waals surface area contributed by atoms with Gasteiger partial charge in [-0.1, -0.05) is 12.0 Å². The van der Waals surface area contributed by atoms with Crippen LogP contribution < -0.4 is 0 Å². The van der Waals surface area contributed by atoms with Crippen LogP contribution in [0.15, 0.2) is 18.2 Å². The molecule has 0 radical (unpaired) electrons. The van der Waals surface area contributed by atoms with Crippen molar-refractivity contribution in [2.24, 2.45) is 0 Å². The van der Waals surface area contributed by atoms with Gasteiger partial charge in [0.1, 0.15) is 5.75 Å². The summed E-state index contributed by atoms with van der Waals surface area (Å²) in [5.41, 5.74) is 0.344. The van der Waals surface area contributed by atoms with Crippen LogP contribution in [0.25, 0.3) is 0 Å². The molecule has 0 unspecified atom stereocenters. The topological polar surface area (TPSA) is 63.6 Å². The van der Waals surface area contributed by atoms with Crippen LogP contribution in [0.4, 0.5) is 0 Å². The third kappa shape index (κ3) is 2.58. The number of hydrogen-bond donors (Lipinski definition) is 1. The van der Waals surface area contributed by atoms with Crippen LogP contribution in [0.5, 0.6) is 5.75 Å². The quantitative estimate of drug-likeness (QED) is 0.416. The second-order valence-corrected chi connectivity index (χ2v) is 2.60. The number of rotatable bonds is 1. The first kappa shape index (κ1) is 10.8. The van der Waals surface area contributed by atoms with E-state index in [0.29, 0.717) is 6.29 Å². The number of carbonyl (C=O) groups excluding carboxylic acids is 2. The number of benzene rings is 1. The highest BCUT2D eigenvalue weighted by molar-refractivity contribution is 5.89. The molecule has 1 rings (SSSR count). The van der Waals surface area contributed by atoms with E-state index in [9.17, 15) is 14.7 Å². The minimum Gasteiger partial charge on any atom is -0.506 e. The average Bonchev–Trinajstić information content (AvgIpc) is 2.27. The summed E-state index contributed by atoms with van der Waals surface area (Å²) in [6.07, 6.45) is 0.513. The largest absolute Gasteiger partial charge is 0.506 e. The first-order chi connectivity index (χ1) is 7.19. The predicted octanol–water partition coefficient (Wildman–Crippen LogP) is 0.729. The maximum absolute atomic E-state index is 10.7. The molecular formula is C11H8O4. The zero-order valence-electron chi connectivity index (χ0n) is 7.98. The highest BCUT2D eigenvalue weighted by Gasteiger charge is 2.03. The Morgan fingerprint density at radius 2 is 2.27 bits per heavy atom. The maximum atomic E-state index is 10.7. The number of ether oxygens (including phenoxy) is 1. The van der Waals surface area contributed by atoms with Gasteiger partial charge in [0, 0.05) is 5.92 Å². The number of aromatic hydroxyl groups is 1. The lowest BCUT2D eigenvalue weighted by atomic mass is 10.1. The normalized spacial score (nSPS) is 8.60. The highest BCUT2D eigenvalue weighted by atomic mass is 16.5. The number of aldehydes is 1. The number of carbonyl (C=O) groups is 2. The number of phenols is 1. The minimum atomic E-state index is -0.703. The molecule has 4 heteroatoms. The van der Waals surface area contributed by atoms with Crippen molar-refractivity contribution < 1.29 is 19.4 Å². The Hall–Kier alpha value is -2.28. The van der Waals surface area contributed by atoms with Crippen LogP contribution in [0.1, 0.15) is 15.9 Å². The minimum absolute atomic E-state index is 0.131. The number of para-hydroxylation sites is 1. The van der Waals surface area contributed by atoms with E-state index in [1.165, 1.54) is 19.2 Å². The molecule has 76 valence electrons. The summed E-state index contributed by atoms with van der Waals surface area (Å²) in [5, 5.41) is 9.49. The van der Waals surface area contributed by atoms with Crippen LogP contribution in [0, 0.1) is 11.8 Å². The van der Waals surface area contributed by atoms with Crippen LogP contribution in [0.2, 0.25) is 0 Å². The van der Waals surface area contributed by atoms with Crippen LogP contribution in [-0.2, 0) is 9.53 Å². The number of esters is 1. The van der Waals surface area contributed by atoms with Crippen LogP contribution in [0.3, 0.4) is 0 Å². The van der Waals surface area contributed by atoms with Crippen LogP contribution in [-0.4, -0.2) is 24.5 Å². The molecule has 0 bridgehead atoms. The first-order valence-electron chi connectivity index (χ1n) is 4.06. The predicted molar refractivity (Wildman–Crippen MR) is 52.4 cm³/mol. The Bertz CT molecular complexity index is 451. The van der Waals surface area contributed by atoms with Crippen molar-refractivity contribution in [2.75, 3.05) is 7.11 Å². The van der Waals surface area contributed by atoms with E-state index in [1.807, 2.05) is 0 Å². The Morgan fingerprint density at radius 3 is 2.87 bits per heavy atom. The van der Waals surface area contributed by atoms with Gasteiger partial charge in [0.2, 0.25) is 0 Å². The van der Waals surface area contributed by atoms with E-state index >= 15 is 0 Å². The van der Waals surface area contributed by atoms with Gasteiger partial charge in [-0.15, -0.1) is 0 Å². The zero-order chi connectivity index (χ0) is 11.3. The molecule has 4 nitrogen and oxygen atoms in total. The molecule has 1 aromatic carbocycles. The smallest absolute Gasteiger partial charge is 0.384 e. The van der Waals surface area contributed by atoms with Gasteiger partial charge in [0.05, 0.1) is 18.2 Å². The third-order valence-electron chi connectivity index (χ3n) is 1.68. The summed E-state index contributed by atoms with van der Waals surface area (Å²) < 4.78 is 4.30. The van der Waals surface area contributed by atoms with Crippen molar-refractivity contribution in [1.82, 2.24) is 0 Å². The Labute approximate surface area is 86.5 Å². The molecule has 15 heavy (non-hydrogen) atoms. The van der Waals surface area contributed by atoms with Crippen molar-refractivity contribution in [3.8, 4) is 17.6 Å². The molecule has 1 aromatic rings. The van der Waals surface area contributed by atoms with Gasteiger partial charge >= 0.3 is 5.97 Å². The lowest BCUT2D eigenvalue weighted by molar-refractivity contribution is -0.133. The maximum Gasteiger partial charge on any atom is 0.384 e. The summed E-state index contributed by atoms with van der Waals surface area (Å²) in [7, 11) is 1.21. The van der Waals surface area contributed by atoms with Crippen molar-refractivity contribution in [3.63, 3.8) is 0 Å². The monoisotopic (exact) mass is 204 g/mol. The fraction of sp³-hybridized carbons (Fsp3) is 0.0909. The molecule has 0 heterocycles. The zero-order valence-corrected chi connectivity index (χ0v) is 7.98. The molecule has 0 aliphatic rings.